The fourth-order valence-corrected chi connectivity index (χ4v) is 5.11. The second-order valence-electron chi connectivity index (χ2n) is 12.2. The van der Waals surface area contributed by atoms with Crippen molar-refractivity contribution >= 4 is 5.91 Å². The molecule has 0 aliphatic rings. The smallest absolute Gasteiger partial charge is 0.249 e. The van der Waals surface area contributed by atoms with Gasteiger partial charge in [-0.15, -0.1) is 0 Å². The van der Waals surface area contributed by atoms with Crippen LogP contribution in [0.1, 0.15) is 202 Å². The zero-order valence-electron chi connectivity index (χ0n) is 28.6. The first-order valence-electron chi connectivity index (χ1n) is 18.3. The van der Waals surface area contributed by atoms with Crippen molar-refractivity contribution < 1.29 is 15.0 Å². The number of unbranched alkanes of at least 4 members (excludes halogenated alkanes) is 19. The van der Waals surface area contributed by atoms with E-state index in [4.69, 9.17) is 0 Å². The first kappa shape index (κ1) is 42.3. The Labute approximate surface area is 257 Å². The predicted octanol–water partition coefficient (Wildman–Crippen LogP) is 11.0. The fourth-order valence-electron chi connectivity index (χ4n) is 5.11. The third kappa shape index (κ3) is 31.9. The molecule has 4 heteroatoms. The average Bonchev–Trinajstić information content (AvgIpc) is 2.98. The maximum Gasteiger partial charge on any atom is 0.249 e. The van der Waals surface area contributed by atoms with Gasteiger partial charge < -0.3 is 15.5 Å². The number of carbonyl (C=O) groups excluding carboxylic acids is 1. The number of hydrogen-bond donors (Lipinski definition) is 3. The third-order valence-corrected chi connectivity index (χ3v) is 8.08. The van der Waals surface area contributed by atoms with Crippen LogP contribution in [0.4, 0.5) is 0 Å². The highest BCUT2D eigenvalue weighted by Crippen LogP contribution is 2.14. The molecule has 0 aliphatic heterocycles. The van der Waals surface area contributed by atoms with Gasteiger partial charge in [0.25, 0.3) is 0 Å². The van der Waals surface area contributed by atoms with Crippen LogP contribution in [0.25, 0.3) is 0 Å². The zero-order valence-corrected chi connectivity index (χ0v) is 28.6. The van der Waals surface area contributed by atoms with E-state index in [-0.39, 0.29) is 11.9 Å². The number of amides is 1. The minimum absolute atomic E-state index is 0.260. The molecule has 0 aliphatic carbocycles. The standard InChI is InChI=1S/C28H55NO3.C9H20/c1-4-7-9-10-11-12-13-14-15-16-17-18-19-20-21-22-24-26(30)25(6-3)29-28(32)27(31)23-8-5-2;1-3-5-7-9-8-6-4-2/h12-13,25-27,30-31H,4-11,14-24H2,1-3H3,(H,29,32);3-9H2,1-2H3/b13-12-;. The second kappa shape index (κ2) is 35.3. The highest BCUT2D eigenvalue weighted by molar-refractivity contribution is 5.80. The highest BCUT2D eigenvalue weighted by Gasteiger charge is 2.22. The van der Waals surface area contributed by atoms with Gasteiger partial charge in [-0.2, -0.15) is 0 Å². The van der Waals surface area contributed by atoms with Crippen LogP contribution in [0.3, 0.4) is 0 Å². The van der Waals surface area contributed by atoms with Crippen molar-refractivity contribution in [1.29, 1.82) is 0 Å². The van der Waals surface area contributed by atoms with Crippen LogP contribution < -0.4 is 5.32 Å². The van der Waals surface area contributed by atoms with E-state index in [1.807, 2.05) is 13.8 Å². The lowest BCUT2D eigenvalue weighted by atomic mass is 10.00. The van der Waals surface area contributed by atoms with Gasteiger partial charge in [0.15, 0.2) is 0 Å². The number of rotatable bonds is 29. The second-order valence-corrected chi connectivity index (χ2v) is 12.2. The summed E-state index contributed by atoms with van der Waals surface area (Å²) in [5, 5.41) is 23.2. The van der Waals surface area contributed by atoms with Crippen LogP contribution in [-0.4, -0.2) is 34.4 Å². The van der Waals surface area contributed by atoms with Crippen LogP contribution >= 0.6 is 0 Å². The van der Waals surface area contributed by atoms with E-state index in [2.05, 4.69) is 38.2 Å². The topological polar surface area (TPSA) is 69.6 Å². The Morgan fingerprint density at radius 3 is 1.37 bits per heavy atom. The van der Waals surface area contributed by atoms with Crippen molar-refractivity contribution in [3.63, 3.8) is 0 Å². The summed E-state index contributed by atoms with van der Waals surface area (Å²) in [7, 11) is 0. The summed E-state index contributed by atoms with van der Waals surface area (Å²) in [6.45, 7) is 10.8. The van der Waals surface area contributed by atoms with Crippen LogP contribution in [0.15, 0.2) is 12.2 Å². The lowest BCUT2D eigenvalue weighted by Crippen LogP contribution is -2.47. The first-order chi connectivity index (χ1) is 20.0. The molecule has 1 amide bonds. The Hall–Kier alpha value is -0.870. The lowest BCUT2D eigenvalue weighted by Gasteiger charge is -2.24. The minimum Gasteiger partial charge on any atom is -0.391 e. The maximum atomic E-state index is 12.1. The van der Waals surface area contributed by atoms with E-state index in [0.29, 0.717) is 19.3 Å². The summed E-state index contributed by atoms with van der Waals surface area (Å²) in [5.41, 5.74) is 0. The number of aliphatic hydroxyl groups excluding tert-OH is 2. The molecule has 3 N–H and O–H groups in total. The Morgan fingerprint density at radius 1 is 0.537 bits per heavy atom. The van der Waals surface area contributed by atoms with E-state index < -0.39 is 12.2 Å². The van der Waals surface area contributed by atoms with Gasteiger partial charge in [0, 0.05) is 0 Å². The number of allylic oxidation sites excluding steroid dienone is 2. The molecule has 0 aromatic rings. The van der Waals surface area contributed by atoms with E-state index >= 15 is 0 Å². The molecule has 3 atom stereocenters. The van der Waals surface area contributed by atoms with Crippen molar-refractivity contribution in [3.8, 4) is 0 Å². The minimum atomic E-state index is -0.956. The fraction of sp³-hybridized carbons (Fsp3) is 0.919. The summed E-state index contributed by atoms with van der Waals surface area (Å²) in [4.78, 5) is 12.1. The zero-order chi connectivity index (χ0) is 30.8. The van der Waals surface area contributed by atoms with Gasteiger partial charge in [-0.1, -0.05) is 169 Å². The summed E-state index contributed by atoms with van der Waals surface area (Å²) in [5.74, 6) is -0.341. The van der Waals surface area contributed by atoms with Gasteiger partial charge in [0.2, 0.25) is 5.91 Å². The molecule has 4 nitrogen and oxygen atoms in total. The number of nitrogens with one attached hydrogen (secondary N) is 1. The van der Waals surface area contributed by atoms with Crippen molar-refractivity contribution in [3.05, 3.63) is 12.2 Å². The summed E-state index contributed by atoms with van der Waals surface area (Å²) < 4.78 is 0. The molecule has 0 rings (SSSR count). The van der Waals surface area contributed by atoms with E-state index in [9.17, 15) is 15.0 Å². The average molecular weight is 582 g/mol. The van der Waals surface area contributed by atoms with Crippen LogP contribution in [0.2, 0.25) is 0 Å². The van der Waals surface area contributed by atoms with E-state index in [0.717, 1.165) is 25.7 Å². The molecule has 3 unspecified atom stereocenters. The molecule has 0 aromatic heterocycles. The molecule has 0 heterocycles. The van der Waals surface area contributed by atoms with E-state index in [1.165, 1.54) is 122 Å². The van der Waals surface area contributed by atoms with Crippen molar-refractivity contribution in [2.45, 2.75) is 220 Å². The summed E-state index contributed by atoms with van der Waals surface area (Å²) >= 11 is 0. The molecule has 41 heavy (non-hydrogen) atoms. The summed E-state index contributed by atoms with van der Waals surface area (Å²) in [6, 6.07) is -0.260. The van der Waals surface area contributed by atoms with Crippen LogP contribution in [0, 0.1) is 0 Å². The Bertz CT molecular complexity index is 530. The number of aliphatic hydroxyl groups is 2. The largest absolute Gasteiger partial charge is 0.391 e. The van der Waals surface area contributed by atoms with Gasteiger partial charge in [-0.05, 0) is 44.9 Å². The molecule has 0 aromatic carbocycles. The molecular weight excluding hydrogens is 506 g/mol. The van der Waals surface area contributed by atoms with Gasteiger partial charge in [-0.25, -0.2) is 0 Å². The van der Waals surface area contributed by atoms with Gasteiger partial charge in [0.1, 0.15) is 6.10 Å². The predicted molar refractivity (Wildman–Crippen MR) is 181 cm³/mol. The SMILES string of the molecule is CCCCCC/C=C\CCCCCCCCCCC(O)C(CC)NC(=O)C(O)CCCC.CCCCCCCCC. The van der Waals surface area contributed by atoms with E-state index in [1.54, 1.807) is 0 Å². The van der Waals surface area contributed by atoms with Gasteiger partial charge >= 0.3 is 0 Å². The summed E-state index contributed by atoms with van der Waals surface area (Å²) in [6.07, 6.45) is 34.7. The van der Waals surface area contributed by atoms with Crippen LogP contribution in [0.5, 0.6) is 0 Å². The molecule has 0 fully saturated rings. The molecule has 0 spiro atoms. The molecular formula is C37H75NO3. The van der Waals surface area contributed by atoms with Crippen LogP contribution in [-0.2, 0) is 4.79 Å². The molecule has 0 saturated heterocycles. The van der Waals surface area contributed by atoms with Gasteiger partial charge in [-0.3, -0.25) is 4.79 Å². The molecule has 0 bridgehead atoms. The number of hydrogen-bond acceptors (Lipinski definition) is 3. The Balaban J connectivity index is 0. The first-order valence-corrected chi connectivity index (χ1v) is 18.3. The quantitative estimate of drug-likeness (QED) is 0.0608. The Morgan fingerprint density at radius 2 is 0.927 bits per heavy atom. The van der Waals surface area contributed by atoms with Crippen molar-refractivity contribution in [1.82, 2.24) is 5.32 Å². The monoisotopic (exact) mass is 582 g/mol. The van der Waals surface area contributed by atoms with Crippen molar-refractivity contribution in [2.24, 2.45) is 0 Å². The number of carbonyl (C=O) groups is 1. The lowest BCUT2D eigenvalue weighted by molar-refractivity contribution is -0.131. The molecule has 0 radical (unpaired) electrons. The highest BCUT2D eigenvalue weighted by atomic mass is 16.3. The Kier molecular flexibility index (Phi) is 36.4. The van der Waals surface area contributed by atoms with Gasteiger partial charge in [0.05, 0.1) is 12.1 Å². The maximum absolute atomic E-state index is 12.1. The molecule has 0 saturated carbocycles. The third-order valence-electron chi connectivity index (χ3n) is 8.08. The molecule has 246 valence electrons. The normalized spacial score (nSPS) is 13.5. The van der Waals surface area contributed by atoms with Crippen molar-refractivity contribution in [2.75, 3.05) is 0 Å².